The zero-order valence-corrected chi connectivity index (χ0v) is 15.2. The second kappa shape index (κ2) is 7.03. The van der Waals surface area contributed by atoms with Crippen molar-refractivity contribution in [2.45, 2.75) is 11.3 Å². The number of rotatable bonds is 5. The van der Waals surface area contributed by atoms with E-state index in [1.807, 2.05) is 36.4 Å². The fraction of sp³-hybridized carbons (Fsp3) is 0.263. The van der Waals surface area contributed by atoms with Gasteiger partial charge in [0.1, 0.15) is 13.2 Å². The number of aromatic nitrogens is 2. The molecule has 0 radical (unpaired) electrons. The molecule has 7 nitrogen and oxygen atoms in total. The number of benzene rings is 2. The summed E-state index contributed by atoms with van der Waals surface area (Å²) >= 11 is 1.71. The molecule has 0 atom stereocenters. The lowest BCUT2D eigenvalue weighted by Crippen LogP contribution is -2.15. The van der Waals surface area contributed by atoms with Crippen molar-refractivity contribution in [1.29, 1.82) is 0 Å². The van der Waals surface area contributed by atoms with Crippen LogP contribution >= 0.6 is 11.8 Å². The fourth-order valence-electron chi connectivity index (χ4n) is 2.88. The van der Waals surface area contributed by atoms with E-state index in [1.165, 1.54) is 0 Å². The van der Waals surface area contributed by atoms with Crippen molar-refractivity contribution in [2.24, 2.45) is 0 Å². The molecule has 8 heteroatoms. The number of hydrogen-bond donors (Lipinski definition) is 0. The van der Waals surface area contributed by atoms with E-state index in [2.05, 4.69) is 10.1 Å². The van der Waals surface area contributed by atoms with Crippen LogP contribution in [0.3, 0.4) is 0 Å². The highest BCUT2D eigenvalue weighted by Crippen LogP contribution is 2.36. The van der Waals surface area contributed by atoms with E-state index < -0.39 is 0 Å². The molecule has 0 fully saturated rings. The van der Waals surface area contributed by atoms with E-state index in [0.29, 0.717) is 37.1 Å². The van der Waals surface area contributed by atoms with Gasteiger partial charge in [0.2, 0.25) is 18.5 Å². The number of fused-ring (bicyclic) bond motifs is 2. The van der Waals surface area contributed by atoms with Crippen LogP contribution in [0.15, 0.2) is 45.8 Å². The molecular weight excluding hydrogens is 368 g/mol. The van der Waals surface area contributed by atoms with Crippen molar-refractivity contribution in [3.8, 4) is 34.4 Å². The summed E-state index contributed by atoms with van der Waals surface area (Å²) in [7, 11) is 0. The number of aryl methyl sites for hydroxylation is 1. The third-order valence-electron chi connectivity index (χ3n) is 4.20. The zero-order chi connectivity index (χ0) is 18.1. The second-order valence-electron chi connectivity index (χ2n) is 5.98. The monoisotopic (exact) mass is 384 g/mol. The molecule has 1 aromatic heterocycles. The first-order valence-electron chi connectivity index (χ1n) is 8.60. The van der Waals surface area contributed by atoms with E-state index in [0.717, 1.165) is 33.5 Å². The number of hydrogen-bond acceptors (Lipinski definition) is 8. The minimum atomic E-state index is 0.243. The van der Waals surface area contributed by atoms with Crippen molar-refractivity contribution >= 4 is 11.8 Å². The van der Waals surface area contributed by atoms with Gasteiger partial charge in [-0.25, -0.2) is 0 Å². The summed E-state index contributed by atoms with van der Waals surface area (Å²) in [6.07, 6.45) is 0.677. The molecule has 0 N–H and O–H groups in total. The Hall–Kier alpha value is -2.87. The summed E-state index contributed by atoms with van der Waals surface area (Å²) in [5, 5.41) is 4.07. The van der Waals surface area contributed by atoms with Crippen LogP contribution in [0.4, 0.5) is 0 Å². The third kappa shape index (κ3) is 3.40. The maximum Gasteiger partial charge on any atom is 0.231 e. The molecular formula is C19H16N2O5S. The summed E-state index contributed by atoms with van der Waals surface area (Å²) in [5.41, 5.74) is 0.841. The van der Waals surface area contributed by atoms with Crippen LogP contribution < -0.4 is 18.9 Å². The van der Waals surface area contributed by atoms with Crippen LogP contribution in [-0.2, 0) is 6.42 Å². The average molecular weight is 384 g/mol. The molecule has 0 amide bonds. The molecule has 0 spiro atoms. The molecule has 0 unspecified atom stereocenters. The largest absolute Gasteiger partial charge is 0.486 e. The summed E-state index contributed by atoms with van der Waals surface area (Å²) in [4.78, 5) is 5.60. The van der Waals surface area contributed by atoms with E-state index in [1.54, 1.807) is 11.8 Å². The highest BCUT2D eigenvalue weighted by molar-refractivity contribution is 7.99. The summed E-state index contributed by atoms with van der Waals surface area (Å²) in [6.45, 7) is 1.43. The van der Waals surface area contributed by atoms with Crippen LogP contribution in [0.25, 0.3) is 11.4 Å². The van der Waals surface area contributed by atoms with Crippen LogP contribution in [-0.4, -0.2) is 35.9 Å². The highest BCUT2D eigenvalue weighted by Gasteiger charge is 2.17. The Bertz CT molecular complexity index is 974. The fourth-order valence-corrected chi connectivity index (χ4v) is 3.75. The molecule has 0 bridgehead atoms. The average Bonchev–Trinajstić information content (AvgIpc) is 3.36. The van der Waals surface area contributed by atoms with Crippen LogP contribution in [0.2, 0.25) is 0 Å². The van der Waals surface area contributed by atoms with Gasteiger partial charge in [0.25, 0.3) is 0 Å². The molecule has 138 valence electrons. The standard InChI is InChI=1S/C19H16N2O5S/c1-3-15-16(25-11-24-15)9-12(1)19-20-18(26-21-19)5-8-27-13-2-4-14-17(10-13)23-7-6-22-14/h1-4,9-10H,5-8,11H2. The lowest BCUT2D eigenvalue weighted by molar-refractivity contribution is 0.171. The van der Waals surface area contributed by atoms with Gasteiger partial charge in [-0.2, -0.15) is 4.98 Å². The Morgan fingerprint density at radius 3 is 2.59 bits per heavy atom. The van der Waals surface area contributed by atoms with Crippen LogP contribution in [0, 0.1) is 0 Å². The molecule has 5 rings (SSSR count). The first-order chi connectivity index (χ1) is 13.3. The summed E-state index contributed by atoms with van der Waals surface area (Å²) in [5.74, 6) is 5.01. The summed E-state index contributed by atoms with van der Waals surface area (Å²) in [6, 6.07) is 11.6. The third-order valence-corrected chi connectivity index (χ3v) is 5.19. The van der Waals surface area contributed by atoms with Crippen molar-refractivity contribution < 1.29 is 23.5 Å². The molecule has 2 aliphatic rings. The van der Waals surface area contributed by atoms with Crippen molar-refractivity contribution in [3.63, 3.8) is 0 Å². The molecule has 27 heavy (non-hydrogen) atoms. The van der Waals surface area contributed by atoms with Crippen LogP contribution in [0.5, 0.6) is 23.0 Å². The smallest absolute Gasteiger partial charge is 0.231 e. The van der Waals surface area contributed by atoms with Crippen LogP contribution in [0.1, 0.15) is 5.89 Å². The van der Waals surface area contributed by atoms with E-state index in [4.69, 9.17) is 23.5 Å². The quantitative estimate of drug-likeness (QED) is 0.618. The maximum absolute atomic E-state index is 5.61. The van der Waals surface area contributed by atoms with E-state index in [9.17, 15) is 0 Å². The molecule has 0 saturated carbocycles. The molecule has 3 heterocycles. The molecule has 0 saturated heterocycles. The Labute approximate surface area is 159 Å². The van der Waals surface area contributed by atoms with Gasteiger partial charge < -0.3 is 23.5 Å². The minimum Gasteiger partial charge on any atom is -0.486 e. The second-order valence-corrected chi connectivity index (χ2v) is 7.15. The Morgan fingerprint density at radius 2 is 1.63 bits per heavy atom. The number of thioether (sulfide) groups is 1. The first-order valence-corrected chi connectivity index (χ1v) is 9.59. The maximum atomic E-state index is 5.61. The summed E-state index contributed by atoms with van der Waals surface area (Å²) < 4.78 is 27.2. The normalized spacial score (nSPS) is 14.4. The topological polar surface area (TPSA) is 75.8 Å². The van der Waals surface area contributed by atoms with Gasteiger partial charge in [-0.15, -0.1) is 11.8 Å². The Morgan fingerprint density at radius 1 is 0.852 bits per heavy atom. The van der Waals surface area contributed by atoms with Gasteiger partial charge in [-0.3, -0.25) is 0 Å². The molecule has 3 aromatic rings. The molecule has 0 aliphatic carbocycles. The highest BCUT2D eigenvalue weighted by atomic mass is 32.2. The lowest BCUT2D eigenvalue weighted by Gasteiger charge is -2.18. The van der Waals surface area contributed by atoms with Gasteiger partial charge in [-0.1, -0.05) is 5.16 Å². The van der Waals surface area contributed by atoms with Gasteiger partial charge in [-0.05, 0) is 36.4 Å². The zero-order valence-electron chi connectivity index (χ0n) is 14.3. The predicted octanol–water partition coefficient (Wildman–Crippen LogP) is 3.57. The van der Waals surface area contributed by atoms with Crippen molar-refractivity contribution in [1.82, 2.24) is 10.1 Å². The number of nitrogens with zero attached hydrogens (tertiary/aromatic N) is 2. The molecule has 2 aromatic carbocycles. The Kier molecular flexibility index (Phi) is 4.25. The first kappa shape index (κ1) is 16.3. The minimum absolute atomic E-state index is 0.243. The number of ether oxygens (including phenoxy) is 4. The van der Waals surface area contributed by atoms with Crippen molar-refractivity contribution in [3.05, 3.63) is 42.3 Å². The van der Waals surface area contributed by atoms with Gasteiger partial charge in [0, 0.05) is 22.6 Å². The molecule has 2 aliphatic heterocycles. The predicted molar refractivity (Wildman–Crippen MR) is 97.7 cm³/mol. The lowest BCUT2D eigenvalue weighted by atomic mass is 10.2. The van der Waals surface area contributed by atoms with E-state index >= 15 is 0 Å². The van der Waals surface area contributed by atoms with Gasteiger partial charge >= 0.3 is 0 Å². The SMILES string of the molecule is c1cc2c(cc1SCCc1nc(-c3ccc4c(c3)OCO4)no1)OCCO2. The van der Waals surface area contributed by atoms with Crippen molar-refractivity contribution in [2.75, 3.05) is 25.8 Å². The van der Waals surface area contributed by atoms with E-state index in [-0.39, 0.29) is 6.79 Å². The Balaban J connectivity index is 1.21. The van der Waals surface area contributed by atoms with Gasteiger partial charge in [0.05, 0.1) is 0 Å². The van der Waals surface area contributed by atoms with Gasteiger partial charge in [0.15, 0.2) is 23.0 Å².